The van der Waals surface area contributed by atoms with Gasteiger partial charge in [0.2, 0.25) is 5.91 Å². The van der Waals surface area contributed by atoms with E-state index in [0.29, 0.717) is 23.0 Å². The minimum absolute atomic E-state index is 0.254. The summed E-state index contributed by atoms with van der Waals surface area (Å²) in [6, 6.07) is 1.13. The van der Waals surface area contributed by atoms with Gasteiger partial charge in [-0.25, -0.2) is 14.3 Å². The van der Waals surface area contributed by atoms with Gasteiger partial charge in [0, 0.05) is 19.2 Å². The lowest BCUT2D eigenvalue weighted by Crippen LogP contribution is -2.49. The number of urea groups is 1. The molecule has 3 heterocycles. The number of aromatic nitrogens is 3. The molecule has 0 saturated carbocycles. The standard InChI is InChI=1S/C10H8ClN5O2/c11-7-1-3-12-9-6(5-13-16(7)9)15-4-2-8(17)14-10(15)18/h1,3,5H,2,4H2,(H,14,17,18). The number of hydrogen-bond donors (Lipinski definition) is 1. The zero-order valence-corrected chi connectivity index (χ0v) is 9.89. The zero-order chi connectivity index (χ0) is 12.7. The molecule has 0 spiro atoms. The van der Waals surface area contributed by atoms with Crippen molar-refractivity contribution >= 4 is 34.9 Å². The lowest BCUT2D eigenvalue weighted by molar-refractivity contribution is -0.120. The van der Waals surface area contributed by atoms with E-state index in [-0.39, 0.29) is 12.3 Å². The number of amides is 3. The van der Waals surface area contributed by atoms with Crippen molar-refractivity contribution in [2.24, 2.45) is 0 Å². The van der Waals surface area contributed by atoms with Crippen LogP contribution < -0.4 is 10.2 Å². The third-order valence-electron chi connectivity index (χ3n) is 2.68. The maximum Gasteiger partial charge on any atom is 0.328 e. The second-order valence-electron chi connectivity index (χ2n) is 3.79. The first-order chi connectivity index (χ1) is 8.66. The molecule has 1 saturated heterocycles. The van der Waals surface area contributed by atoms with E-state index in [9.17, 15) is 9.59 Å². The van der Waals surface area contributed by atoms with Gasteiger partial charge in [0.25, 0.3) is 0 Å². The largest absolute Gasteiger partial charge is 0.328 e. The Kier molecular flexibility index (Phi) is 2.41. The van der Waals surface area contributed by atoms with E-state index in [1.54, 1.807) is 6.07 Å². The summed E-state index contributed by atoms with van der Waals surface area (Å²) in [6.07, 6.45) is 3.29. The summed E-state index contributed by atoms with van der Waals surface area (Å²) in [6.45, 7) is 0.306. The summed E-state index contributed by atoms with van der Waals surface area (Å²) in [5.74, 6) is -0.279. The zero-order valence-electron chi connectivity index (χ0n) is 9.13. The molecule has 8 heteroatoms. The molecule has 3 amide bonds. The number of halogens is 1. The lowest BCUT2D eigenvalue weighted by Gasteiger charge is -2.24. The van der Waals surface area contributed by atoms with Gasteiger partial charge in [-0.3, -0.25) is 15.0 Å². The third-order valence-corrected chi connectivity index (χ3v) is 2.97. The molecule has 0 bridgehead atoms. The van der Waals surface area contributed by atoms with Crippen LogP contribution in [0.1, 0.15) is 6.42 Å². The molecule has 0 aliphatic carbocycles. The van der Waals surface area contributed by atoms with Gasteiger partial charge in [-0.1, -0.05) is 11.6 Å². The maximum atomic E-state index is 11.7. The molecule has 92 valence electrons. The second-order valence-corrected chi connectivity index (χ2v) is 4.17. The van der Waals surface area contributed by atoms with Crippen LogP contribution in [-0.2, 0) is 4.79 Å². The second kappa shape index (κ2) is 3.95. The first-order valence-electron chi connectivity index (χ1n) is 5.26. The molecule has 1 aliphatic heterocycles. The van der Waals surface area contributed by atoms with Crippen molar-refractivity contribution in [2.75, 3.05) is 11.4 Å². The van der Waals surface area contributed by atoms with Gasteiger partial charge < -0.3 is 0 Å². The number of carbonyl (C=O) groups excluding carboxylic acids is 2. The van der Waals surface area contributed by atoms with E-state index >= 15 is 0 Å². The number of imide groups is 1. The van der Waals surface area contributed by atoms with Gasteiger partial charge in [-0.2, -0.15) is 5.10 Å². The smallest absolute Gasteiger partial charge is 0.288 e. The SMILES string of the molecule is O=C1CCN(c2cnn3c(Cl)ccnc23)C(=O)N1. The monoisotopic (exact) mass is 265 g/mol. The van der Waals surface area contributed by atoms with Crippen molar-refractivity contribution < 1.29 is 9.59 Å². The van der Waals surface area contributed by atoms with E-state index in [0.717, 1.165) is 0 Å². The van der Waals surface area contributed by atoms with Crippen molar-refractivity contribution in [1.82, 2.24) is 19.9 Å². The number of fused-ring (bicyclic) bond motifs is 1. The number of rotatable bonds is 1. The van der Waals surface area contributed by atoms with Crippen LogP contribution in [0.3, 0.4) is 0 Å². The van der Waals surface area contributed by atoms with Crippen LogP contribution in [-0.4, -0.2) is 33.1 Å². The van der Waals surface area contributed by atoms with Gasteiger partial charge in [0.05, 0.1) is 6.20 Å². The molecule has 18 heavy (non-hydrogen) atoms. The molecule has 1 fully saturated rings. The predicted molar refractivity (Wildman–Crippen MR) is 63.5 cm³/mol. The predicted octanol–water partition coefficient (Wildman–Crippen LogP) is 0.829. The summed E-state index contributed by atoms with van der Waals surface area (Å²) in [5, 5.41) is 6.71. The Bertz CT molecular complexity index is 653. The number of nitrogens with one attached hydrogen (secondary N) is 1. The first-order valence-corrected chi connectivity index (χ1v) is 5.64. The van der Waals surface area contributed by atoms with Crippen LogP contribution in [0.25, 0.3) is 5.65 Å². The van der Waals surface area contributed by atoms with Crippen LogP contribution in [0.2, 0.25) is 5.15 Å². The highest BCUT2D eigenvalue weighted by Crippen LogP contribution is 2.23. The van der Waals surface area contributed by atoms with E-state index in [2.05, 4.69) is 15.4 Å². The summed E-state index contributed by atoms with van der Waals surface area (Å²) >= 11 is 5.96. The summed E-state index contributed by atoms with van der Waals surface area (Å²) in [5.41, 5.74) is 1.01. The number of anilines is 1. The highest BCUT2D eigenvalue weighted by atomic mass is 35.5. The van der Waals surface area contributed by atoms with E-state index < -0.39 is 6.03 Å². The fourth-order valence-electron chi connectivity index (χ4n) is 1.83. The van der Waals surface area contributed by atoms with E-state index in [4.69, 9.17) is 11.6 Å². The Hall–Kier alpha value is -2.15. The Morgan fingerprint density at radius 1 is 1.39 bits per heavy atom. The van der Waals surface area contributed by atoms with Crippen molar-refractivity contribution in [2.45, 2.75) is 6.42 Å². The Morgan fingerprint density at radius 2 is 2.22 bits per heavy atom. The minimum Gasteiger partial charge on any atom is -0.288 e. The van der Waals surface area contributed by atoms with Crippen LogP contribution in [0.5, 0.6) is 0 Å². The normalized spacial score (nSPS) is 16.2. The lowest BCUT2D eigenvalue weighted by atomic mass is 10.3. The Morgan fingerprint density at radius 3 is 3.00 bits per heavy atom. The van der Waals surface area contributed by atoms with Gasteiger partial charge in [-0.05, 0) is 6.07 Å². The topological polar surface area (TPSA) is 79.6 Å². The van der Waals surface area contributed by atoms with Crippen molar-refractivity contribution in [1.29, 1.82) is 0 Å². The molecule has 0 atom stereocenters. The molecule has 1 aliphatic rings. The van der Waals surface area contributed by atoms with Gasteiger partial charge >= 0.3 is 6.03 Å². The quantitative estimate of drug-likeness (QED) is 0.775. The van der Waals surface area contributed by atoms with Gasteiger partial charge in [0.1, 0.15) is 10.8 Å². The van der Waals surface area contributed by atoms with Crippen LogP contribution in [0.4, 0.5) is 10.5 Å². The molecule has 0 aromatic carbocycles. The minimum atomic E-state index is -0.470. The van der Waals surface area contributed by atoms with Crippen molar-refractivity contribution in [3.8, 4) is 0 Å². The van der Waals surface area contributed by atoms with E-state index in [1.807, 2.05) is 0 Å². The average Bonchev–Trinajstić information content (AvgIpc) is 2.74. The number of nitrogens with zero attached hydrogens (tertiary/aromatic N) is 4. The molecule has 3 rings (SSSR count). The van der Waals surface area contributed by atoms with Gasteiger partial charge in [0.15, 0.2) is 5.65 Å². The van der Waals surface area contributed by atoms with Crippen LogP contribution >= 0.6 is 11.6 Å². The molecule has 1 N–H and O–H groups in total. The Labute approximate surface area is 106 Å². The fraction of sp³-hybridized carbons (Fsp3) is 0.200. The highest BCUT2D eigenvalue weighted by Gasteiger charge is 2.27. The first kappa shape index (κ1) is 11.0. The van der Waals surface area contributed by atoms with Gasteiger partial charge in [-0.15, -0.1) is 0 Å². The molecule has 2 aromatic heterocycles. The van der Waals surface area contributed by atoms with E-state index in [1.165, 1.54) is 21.8 Å². The van der Waals surface area contributed by atoms with Crippen molar-refractivity contribution in [3.05, 3.63) is 23.6 Å². The third kappa shape index (κ3) is 1.60. The molecular formula is C10H8ClN5O2. The van der Waals surface area contributed by atoms with Crippen LogP contribution in [0, 0.1) is 0 Å². The summed E-state index contributed by atoms with van der Waals surface area (Å²) in [7, 11) is 0. The highest BCUT2D eigenvalue weighted by molar-refractivity contribution is 6.29. The average molecular weight is 266 g/mol. The molecule has 7 nitrogen and oxygen atoms in total. The molecule has 2 aromatic rings. The number of carbonyl (C=O) groups is 2. The van der Waals surface area contributed by atoms with Crippen molar-refractivity contribution in [3.63, 3.8) is 0 Å². The summed E-state index contributed by atoms with van der Waals surface area (Å²) in [4.78, 5) is 28.4. The van der Waals surface area contributed by atoms with Crippen LogP contribution in [0.15, 0.2) is 18.5 Å². The molecule has 0 radical (unpaired) electrons. The molecule has 0 unspecified atom stereocenters. The Balaban J connectivity index is 2.07. The maximum absolute atomic E-state index is 11.7. The summed E-state index contributed by atoms with van der Waals surface area (Å²) < 4.78 is 1.43. The fourth-order valence-corrected chi connectivity index (χ4v) is 2.01. The molecular weight excluding hydrogens is 258 g/mol. The number of hydrogen-bond acceptors (Lipinski definition) is 4.